The Morgan fingerprint density at radius 2 is 1.87 bits per heavy atom. The van der Waals surface area contributed by atoms with Gasteiger partial charge in [0, 0.05) is 18.0 Å². The summed E-state index contributed by atoms with van der Waals surface area (Å²) >= 11 is 0. The molecule has 0 saturated carbocycles. The van der Waals surface area contributed by atoms with Gasteiger partial charge in [0.15, 0.2) is 0 Å². The van der Waals surface area contributed by atoms with Gasteiger partial charge >= 0.3 is 5.97 Å². The van der Waals surface area contributed by atoms with Crippen LogP contribution in [-0.2, 0) is 20.9 Å². The molecular formula is C25H29NO4. The number of ether oxygens (including phenoxy) is 2. The fourth-order valence-electron chi connectivity index (χ4n) is 3.85. The molecule has 0 aromatic heterocycles. The predicted molar refractivity (Wildman–Crippen MR) is 116 cm³/mol. The number of amides is 1. The third-order valence-electron chi connectivity index (χ3n) is 5.47. The Hall–Kier alpha value is -3.08. The summed E-state index contributed by atoms with van der Waals surface area (Å²) in [6, 6.07) is 15.5. The van der Waals surface area contributed by atoms with Crippen molar-refractivity contribution in [1.82, 2.24) is 4.90 Å². The average Bonchev–Trinajstić information content (AvgIpc) is 2.71. The van der Waals surface area contributed by atoms with E-state index in [9.17, 15) is 9.59 Å². The third kappa shape index (κ3) is 4.56. The van der Waals surface area contributed by atoms with Gasteiger partial charge < -0.3 is 14.4 Å². The zero-order valence-corrected chi connectivity index (χ0v) is 18.3. The highest BCUT2D eigenvalue weighted by molar-refractivity contribution is 5.96. The van der Waals surface area contributed by atoms with E-state index in [4.69, 9.17) is 9.47 Å². The highest BCUT2D eigenvalue weighted by atomic mass is 16.5. The van der Waals surface area contributed by atoms with Crippen LogP contribution in [0.3, 0.4) is 0 Å². The lowest BCUT2D eigenvalue weighted by Crippen LogP contribution is -2.38. The zero-order chi connectivity index (χ0) is 21.8. The third-order valence-corrected chi connectivity index (χ3v) is 5.47. The molecule has 0 aliphatic carbocycles. The Morgan fingerprint density at radius 3 is 2.53 bits per heavy atom. The molecule has 158 valence electrons. The second-order valence-electron chi connectivity index (χ2n) is 7.89. The van der Waals surface area contributed by atoms with Crippen molar-refractivity contribution in [1.29, 1.82) is 0 Å². The highest BCUT2D eigenvalue weighted by Crippen LogP contribution is 2.39. The molecule has 5 heteroatoms. The van der Waals surface area contributed by atoms with E-state index in [0.29, 0.717) is 23.6 Å². The number of nitrogens with zero attached hydrogens (tertiary/aromatic N) is 1. The molecule has 1 heterocycles. The van der Waals surface area contributed by atoms with Crippen LogP contribution in [0, 0.1) is 6.92 Å². The summed E-state index contributed by atoms with van der Waals surface area (Å²) in [5, 5.41) is 0. The summed E-state index contributed by atoms with van der Waals surface area (Å²) < 4.78 is 10.9. The van der Waals surface area contributed by atoms with Crippen LogP contribution in [0.15, 0.2) is 59.8 Å². The van der Waals surface area contributed by atoms with E-state index in [-0.39, 0.29) is 30.3 Å². The molecule has 0 radical (unpaired) electrons. The monoisotopic (exact) mass is 407 g/mol. The molecule has 2 aromatic rings. The van der Waals surface area contributed by atoms with Crippen LogP contribution in [0.25, 0.3) is 0 Å². The summed E-state index contributed by atoms with van der Waals surface area (Å²) in [4.78, 5) is 27.9. The van der Waals surface area contributed by atoms with Gasteiger partial charge in [-0.1, -0.05) is 36.4 Å². The molecule has 0 bridgehead atoms. The van der Waals surface area contributed by atoms with Crippen LogP contribution < -0.4 is 4.74 Å². The topological polar surface area (TPSA) is 55.8 Å². The van der Waals surface area contributed by atoms with Crippen molar-refractivity contribution in [2.24, 2.45) is 0 Å². The molecule has 5 nitrogen and oxygen atoms in total. The molecule has 1 amide bonds. The SMILES string of the molecule is COc1cccc([C@@H]2CC(=O)N(Cc3ccccc3C)C(C)=C2C(=O)OC(C)C)c1. The van der Waals surface area contributed by atoms with E-state index in [2.05, 4.69) is 0 Å². The number of carbonyl (C=O) groups excluding carboxylic acids is 2. The molecule has 30 heavy (non-hydrogen) atoms. The van der Waals surface area contributed by atoms with Gasteiger partial charge in [-0.25, -0.2) is 4.79 Å². The molecule has 3 rings (SSSR count). The quantitative estimate of drug-likeness (QED) is 0.649. The summed E-state index contributed by atoms with van der Waals surface area (Å²) in [5.41, 5.74) is 4.22. The lowest BCUT2D eigenvalue weighted by Gasteiger charge is -2.35. The van der Waals surface area contributed by atoms with Crippen molar-refractivity contribution in [3.05, 3.63) is 76.5 Å². The van der Waals surface area contributed by atoms with E-state index in [0.717, 1.165) is 16.7 Å². The molecule has 0 saturated heterocycles. The minimum Gasteiger partial charge on any atom is -0.497 e. The second kappa shape index (κ2) is 9.16. The van der Waals surface area contributed by atoms with Gasteiger partial charge in [0.25, 0.3) is 0 Å². The molecular weight excluding hydrogens is 378 g/mol. The molecule has 0 spiro atoms. The first-order valence-electron chi connectivity index (χ1n) is 10.2. The van der Waals surface area contributed by atoms with Crippen LogP contribution in [-0.4, -0.2) is 30.0 Å². The Bertz CT molecular complexity index is 977. The molecule has 1 aliphatic rings. The lowest BCUT2D eigenvalue weighted by atomic mass is 9.83. The number of esters is 1. The van der Waals surface area contributed by atoms with Crippen molar-refractivity contribution in [2.45, 2.75) is 52.7 Å². The van der Waals surface area contributed by atoms with Crippen LogP contribution in [0.1, 0.15) is 49.8 Å². The van der Waals surface area contributed by atoms with Gasteiger partial charge in [0.1, 0.15) is 5.75 Å². The van der Waals surface area contributed by atoms with Crippen molar-refractivity contribution >= 4 is 11.9 Å². The van der Waals surface area contributed by atoms with Crippen molar-refractivity contribution in [2.75, 3.05) is 7.11 Å². The lowest BCUT2D eigenvalue weighted by molar-refractivity contribution is -0.143. The number of hydrogen-bond acceptors (Lipinski definition) is 4. The van der Waals surface area contributed by atoms with Crippen LogP contribution in [0.5, 0.6) is 5.75 Å². The van der Waals surface area contributed by atoms with Crippen molar-refractivity contribution in [3.63, 3.8) is 0 Å². The number of allylic oxidation sites excluding steroid dienone is 1. The number of aryl methyl sites for hydroxylation is 1. The van der Waals surface area contributed by atoms with E-state index in [1.165, 1.54) is 0 Å². The number of benzene rings is 2. The molecule has 0 N–H and O–H groups in total. The fourth-order valence-corrected chi connectivity index (χ4v) is 3.85. The number of methoxy groups -OCH3 is 1. The summed E-state index contributed by atoms with van der Waals surface area (Å²) in [6.45, 7) is 7.94. The molecule has 1 aliphatic heterocycles. The maximum Gasteiger partial charge on any atom is 0.336 e. The summed E-state index contributed by atoms with van der Waals surface area (Å²) in [6.07, 6.45) is -0.0370. The first-order valence-corrected chi connectivity index (χ1v) is 10.2. The smallest absolute Gasteiger partial charge is 0.336 e. The van der Waals surface area contributed by atoms with Crippen molar-refractivity contribution in [3.8, 4) is 5.75 Å². The average molecular weight is 408 g/mol. The van der Waals surface area contributed by atoms with Gasteiger partial charge in [0.2, 0.25) is 5.91 Å². The fraction of sp³-hybridized carbons (Fsp3) is 0.360. The normalized spacial score (nSPS) is 16.8. The maximum absolute atomic E-state index is 13.2. The van der Waals surface area contributed by atoms with E-state index in [1.807, 2.05) is 76.2 Å². The van der Waals surface area contributed by atoms with Gasteiger partial charge in [0.05, 0.1) is 25.3 Å². The summed E-state index contributed by atoms with van der Waals surface area (Å²) in [5.74, 6) is -0.0641. The number of rotatable bonds is 6. The maximum atomic E-state index is 13.2. The largest absolute Gasteiger partial charge is 0.497 e. The minimum absolute atomic E-state index is 0.00956. The Balaban J connectivity index is 2.06. The van der Waals surface area contributed by atoms with E-state index in [1.54, 1.807) is 12.0 Å². The van der Waals surface area contributed by atoms with Crippen LogP contribution in [0.4, 0.5) is 0 Å². The number of hydrogen-bond donors (Lipinski definition) is 0. The molecule has 2 aromatic carbocycles. The van der Waals surface area contributed by atoms with E-state index >= 15 is 0 Å². The number of carbonyl (C=O) groups is 2. The first-order chi connectivity index (χ1) is 14.3. The molecule has 0 fully saturated rings. The van der Waals surface area contributed by atoms with Gasteiger partial charge in [-0.3, -0.25) is 4.79 Å². The van der Waals surface area contributed by atoms with Gasteiger partial charge in [-0.2, -0.15) is 0 Å². The minimum atomic E-state index is -0.377. The highest BCUT2D eigenvalue weighted by Gasteiger charge is 2.37. The van der Waals surface area contributed by atoms with Gasteiger partial charge in [-0.05, 0) is 56.5 Å². The van der Waals surface area contributed by atoms with Gasteiger partial charge in [-0.15, -0.1) is 0 Å². The Kier molecular flexibility index (Phi) is 6.60. The molecule has 1 atom stereocenters. The standard InChI is InChI=1S/C25H29NO4/c1-16(2)30-25(28)24-18(4)26(15-20-10-7-6-9-17(20)3)23(27)14-22(24)19-11-8-12-21(13-19)29-5/h6-13,16,22H,14-15H2,1-5H3/t22-/m0/s1. The Morgan fingerprint density at radius 1 is 1.13 bits per heavy atom. The summed E-state index contributed by atoms with van der Waals surface area (Å²) in [7, 11) is 1.60. The Labute approximate surface area is 178 Å². The zero-order valence-electron chi connectivity index (χ0n) is 18.3. The van der Waals surface area contributed by atoms with Crippen LogP contribution >= 0.6 is 0 Å². The van der Waals surface area contributed by atoms with E-state index < -0.39 is 0 Å². The molecule has 0 unspecified atom stereocenters. The van der Waals surface area contributed by atoms with Crippen molar-refractivity contribution < 1.29 is 19.1 Å². The first kappa shape index (κ1) is 21.6. The second-order valence-corrected chi connectivity index (χ2v) is 7.89. The predicted octanol–water partition coefficient (Wildman–Crippen LogP) is 4.75. The van der Waals surface area contributed by atoms with Crippen LogP contribution in [0.2, 0.25) is 0 Å².